The number of anilines is 1. The van der Waals surface area contributed by atoms with Crippen LogP contribution in [-0.4, -0.2) is 29.3 Å². The molecule has 0 aliphatic carbocycles. The van der Waals surface area contributed by atoms with Gasteiger partial charge in [0.25, 0.3) is 0 Å². The number of nitrogens with one attached hydrogen (secondary N) is 1. The predicted octanol–water partition coefficient (Wildman–Crippen LogP) is 2.81. The van der Waals surface area contributed by atoms with Crippen LogP contribution < -0.4 is 10.1 Å². The second kappa shape index (κ2) is 7.69. The lowest BCUT2D eigenvalue weighted by atomic mass is 10.0. The quantitative estimate of drug-likeness (QED) is 0.565. The number of aliphatic hydroxyl groups is 1. The molecule has 0 radical (unpaired) electrons. The highest BCUT2D eigenvalue weighted by atomic mass is 16.6. The molecule has 1 aromatic carbocycles. The fraction of sp³-hybridized carbons (Fsp3) is 0.571. The zero-order chi connectivity index (χ0) is 15.1. The smallest absolute Gasteiger partial charge is 0.333 e. The number of rotatable bonds is 8. The van der Waals surface area contributed by atoms with E-state index < -0.39 is 4.92 Å². The lowest BCUT2D eigenvalue weighted by Gasteiger charge is -2.20. The number of nitro benzene ring substituents is 1. The molecule has 0 saturated heterocycles. The molecule has 6 nitrogen and oxygen atoms in total. The largest absolute Gasteiger partial charge is 0.487 e. The Bertz CT molecular complexity index is 449. The number of hydrogen-bond donors (Lipinski definition) is 2. The highest BCUT2D eigenvalue weighted by Crippen LogP contribution is 2.35. The molecule has 0 aliphatic heterocycles. The zero-order valence-corrected chi connectivity index (χ0v) is 12.1. The topological polar surface area (TPSA) is 84.6 Å². The third-order valence-corrected chi connectivity index (χ3v) is 2.82. The lowest BCUT2D eigenvalue weighted by Crippen LogP contribution is -2.26. The lowest BCUT2D eigenvalue weighted by molar-refractivity contribution is -0.385. The summed E-state index contributed by atoms with van der Waals surface area (Å²) in [6, 6.07) is 4.68. The Labute approximate surface area is 118 Å². The van der Waals surface area contributed by atoms with Gasteiger partial charge in [0.05, 0.1) is 18.1 Å². The first-order valence-corrected chi connectivity index (χ1v) is 6.77. The van der Waals surface area contributed by atoms with Gasteiger partial charge in [0.1, 0.15) is 5.69 Å². The Hall–Kier alpha value is -1.82. The SMILES string of the molecule is CCOc1cccc(NC(CO)CC(C)C)c1[N+](=O)[O-]. The van der Waals surface area contributed by atoms with Crippen molar-refractivity contribution < 1.29 is 14.8 Å². The maximum atomic E-state index is 11.2. The summed E-state index contributed by atoms with van der Waals surface area (Å²) >= 11 is 0. The number of benzene rings is 1. The fourth-order valence-electron chi connectivity index (χ4n) is 2.07. The maximum absolute atomic E-state index is 11.2. The summed E-state index contributed by atoms with van der Waals surface area (Å²) in [4.78, 5) is 10.8. The van der Waals surface area contributed by atoms with Crippen LogP contribution in [0.15, 0.2) is 18.2 Å². The van der Waals surface area contributed by atoms with Gasteiger partial charge in [-0.1, -0.05) is 19.9 Å². The molecule has 1 atom stereocenters. The van der Waals surface area contributed by atoms with Crippen LogP contribution in [0.2, 0.25) is 0 Å². The second-order valence-corrected chi connectivity index (χ2v) is 5.00. The Kier molecular flexibility index (Phi) is 6.24. The number of nitro groups is 1. The van der Waals surface area contributed by atoms with E-state index in [4.69, 9.17) is 4.74 Å². The van der Waals surface area contributed by atoms with Crippen LogP contribution >= 0.6 is 0 Å². The van der Waals surface area contributed by atoms with Crippen molar-refractivity contribution in [2.24, 2.45) is 5.92 Å². The summed E-state index contributed by atoms with van der Waals surface area (Å²) in [6.07, 6.45) is 0.729. The van der Waals surface area contributed by atoms with E-state index in [1.54, 1.807) is 25.1 Å². The molecule has 0 aliphatic rings. The van der Waals surface area contributed by atoms with Crippen molar-refractivity contribution in [2.75, 3.05) is 18.5 Å². The van der Waals surface area contributed by atoms with E-state index in [2.05, 4.69) is 5.32 Å². The van der Waals surface area contributed by atoms with Gasteiger partial charge in [-0.3, -0.25) is 10.1 Å². The van der Waals surface area contributed by atoms with Crippen LogP contribution in [0.3, 0.4) is 0 Å². The van der Waals surface area contributed by atoms with Crippen molar-refractivity contribution >= 4 is 11.4 Å². The summed E-state index contributed by atoms with van der Waals surface area (Å²) in [5, 5.41) is 23.6. The van der Waals surface area contributed by atoms with Gasteiger partial charge in [-0.05, 0) is 31.4 Å². The van der Waals surface area contributed by atoms with Crippen molar-refractivity contribution in [2.45, 2.75) is 33.2 Å². The Balaban J connectivity index is 3.04. The third-order valence-electron chi connectivity index (χ3n) is 2.82. The van der Waals surface area contributed by atoms with E-state index >= 15 is 0 Å². The molecule has 112 valence electrons. The molecular formula is C14H22N2O4. The molecule has 2 N–H and O–H groups in total. The molecular weight excluding hydrogens is 260 g/mol. The van der Waals surface area contributed by atoms with Gasteiger partial charge in [0, 0.05) is 6.04 Å². The standard InChI is InChI=1S/C14H22N2O4/c1-4-20-13-7-5-6-12(14(13)16(18)19)15-11(9-17)8-10(2)3/h5-7,10-11,15,17H,4,8-9H2,1-3H3. The first kappa shape index (κ1) is 16.2. The maximum Gasteiger partial charge on any atom is 0.333 e. The molecule has 0 heterocycles. The normalized spacial score (nSPS) is 12.2. The Morgan fingerprint density at radius 1 is 1.45 bits per heavy atom. The molecule has 0 saturated carbocycles. The monoisotopic (exact) mass is 282 g/mol. The van der Waals surface area contributed by atoms with Crippen molar-refractivity contribution in [3.8, 4) is 5.75 Å². The van der Waals surface area contributed by atoms with E-state index in [1.807, 2.05) is 13.8 Å². The summed E-state index contributed by atoms with van der Waals surface area (Å²) in [6.45, 7) is 6.14. The van der Waals surface area contributed by atoms with Crippen LogP contribution in [0, 0.1) is 16.0 Å². The predicted molar refractivity (Wildman–Crippen MR) is 78.2 cm³/mol. The van der Waals surface area contributed by atoms with E-state index in [1.165, 1.54) is 0 Å². The summed E-state index contributed by atoms with van der Waals surface area (Å²) < 4.78 is 5.29. The van der Waals surface area contributed by atoms with Gasteiger partial charge in [0.15, 0.2) is 5.75 Å². The van der Waals surface area contributed by atoms with Crippen LogP contribution in [0.4, 0.5) is 11.4 Å². The van der Waals surface area contributed by atoms with Crippen LogP contribution in [0.5, 0.6) is 5.75 Å². The van der Waals surface area contributed by atoms with Gasteiger partial charge in [-0.25, -0.2) is 0 Å². The minimum absolute atomic E-state index is 0.0752. The molecule has 0 amide bonds. The average Bonchev–Trinajstić information content (AvgIpc) is 2.37. The van der Waals surface area contributed by atoms with Crippen LogP contribution in [-0.2, 0) is 0 Å². The molecule has 1 rings (SSSR count). The third kappa shape index (κ3) is 4.38. The highest BCUT2D eigenvalue weighted by molar-refractivity contribution is 5.68. The molecule has 0 bridgehead atoms. The minimum atomic E-state index is -0.461. The first-order chi connectivity index (χ1) is 9.49. The number of ether oxygens (including phenoxy) is 1. The van der Waals surface area contributed by atoms with Gasteiger partial charge in [-0.15, -0.1) is 0 Å². The van der Waals surface area contributed by atoms with Crippen molar-refractivity contribution in [1.82, 2.24) is 0 Å². The van der Waals surface area contributed by atoms with Crippen molar-refractivity contribution in [3.05, 3.63) is 28.3 Å². The van der Waals surface area contributed by atoms with Gasteiger partial charge < -0.3 is 15.2 Å². The zero-order valence-electron chi connectivity index (χ0n) is 12.1. The minimum Gasteiger partial charge on any atom is -0.487 e. The molecule has 1 aromatic rings. The van der Waals surface area contributed by atoms with Crippen molar-refractivity contribution in [3.63, 3.8) is 0 Å². The summed E-state index contributed by atoms with van der Waals surface area (Å²) in [7, 11) is 0. The second-order valence-electron chi connectivity index (χ2n) is 5.00. The van der Waals surface area contributed by atoms with Crippen LogP contribution in [0.1, 0.15) is 27.2 Å². The molecule has 0 spiro atoms. The molecule has 0 fully saturated rings. The number of para-hydroxylation sites is 1. The summed E-state index contributed by atoms with van der Waals surface area (Å²) in [5.41, 5.74) is 0.289. The first-order valence-electron chi connectivity index (χ1n) is 6.77. The Morgan fingerprint density at radius 2 is 2.15 bits per heavy atom. The summed E-state index contributed by atoms with van der Waals surface area (Å²) in [5.74, 6) is 0.623. The Morgan fingerprint density at radius 3 is 2.65 bits per heavy atom. The molecule has 20 heavy (non-hydrogen) atoms. The average molecular weight is 282 g/mol. The molecule has 0 aromatic heterocycles. The fourth-order valence-corrected chi connectivity index (χ4v) is 2.07. The molecule has 6 heteroatoms. The van der Waals surface area contributed by atoms with Gasteiger partial charge in [0.2, 0.25) is 0 Å². The number of hydrogen-bond acceptors (Lipinski definition) is 5. The molecule has 1 unspecified atom stereocenters. The van der Waals surface area contributed by atoms with E-state index in [9.17, 15) is 15.2 Å². The highest BCUT2D eigenvalue weighted by Gasteiger charge is 2.22. The van der Waals surface area contributed by atoms with Gasteiger partial charge in [-0.2, -0.15) is 0 Å². The van der Waals surface area contributed by atoms with E-state index in [-0.39, 0.29) is 24.1 Å². The number of aliphatic hydroxyl groups excluding tert-OH is 1. The van der Waals surface area contributed by atoms with Crippen molar-refractivity contribution in [1.29, 1.82) is 0 Å². The van der Waals surface area contributed by atoms with E-state index in [0.717, 1.165) is 6.42 Å². The van der Waals surface area contributed by atoms with E-state index in [0.29, 0.717) is 18.2 Å². The number of nitrogens with zero attached hydrogens (tertiary/aromatic N) is 1. The van der Waals surface area contributed by atoms with Gasteiger partial charge >= 0.3 is 5.69 Å². The van der Waals surface area contributed by atoms with Crippen LogP contribution in [0.25, 0.3) is 0 Å².